The standard InChI is InChI=1S/C19H11Cl3FN3/c1-9-16(17-13(21)3-2-4-15(17)23)12(8-24)19(25)26-18(9)11-6-5-10(20)7-14(11)22/h2-7H,1H3,(H2,25,26). The Morgan fingerprint density at radius 2 is 1.81 bits per heavy atom. The molecule has 1 heterocycles. The third-order valence-corrected chi connectivity index (χ3v) is 4.84. The SMILES string of the molecule is Cc1c(-c2ccc(Cl)cc2Cl)nc(N)c(C#N)c1-c1c(F)cccc1Cl. The summed E-state index contributed by atoms with van der Waals surface area (Å²) in [6.45, 7) is 1.71. The molecule has 0 unspecified atom stereocenters. The number of nitrogen functional groups attached to an aromatic ring is 1. The zero-order valence-corrected chi connectivity index (χ0v) is 15.7. The molecule has 2 N–H and O–H groups in total. The van der Waals surface area contributed by atoms with Gasteiger partial charge in [0.05, 0.1) is 15.7 Å². The van der Waals surface area contributed by atoms with Gasteiger partial charge in [-0.1, -0.05) is 40.9 Å². The second-order valence-corrected chi connectivity index (χ2v) is 6.80. The number of nitrogens with zero attached hydrogens (tertiary/aromatic N) is 2. The summed E-state index contributed by atoms with van der Waals surface area (Å²) in [4.78, 5) is 4.31. The Bertz CT molecular complexity index is 1050. The molecule has 0 aliphatic carbocycles. The second-order valence-electron chi connectivity index (χ2n) is 5.55. The van der Waals surface area contributed by atoms with E-state index in [-0.39, 0.29) is 22.0 Å². The molecule has 130 valence electrons. The third kappa shape index (κ3) is 3.10. The van der Waals surface area contributed by atoms with Gasteiger partial charge in [0.1, 0.15) is 23.3 Å². The molecule has 0 atom stereocenters. The molecule has 0 amide bonds. The largest absolute Gasteiger partial charge is 0.383 e. The van der Waals surface area contributed by atoms with Gasteiger partial charge in [-0.05, 0) is 42.8 Å². The molecule has 2 aromatic carbocycles. The zero-order chi connectivity index (χ0) is 19.0. The molecular weight excluding hydrogens is 396 g/mol. The quantitative estimate of drug-likeness (QED) is 0.545. The molecule has 3 aromatic rings. The van der Waals surface area contributed by atoms with Crippen molar-refractivity contribution in [3.8, 4) is 28.5 Å². The van der Waals surface area contributed by atoms with Crippen LogP contribution in [0.1, 0.15) is 11.1 Å². The highest BCUT2D eigenvalue weighted by molar-refractivity contribution is 6.36. The lowest BCUT2D eigenvalue weighted by atomic mass is 9.92. The zero-order valence-electron chi connectivity index (χ0n) is 13.4. The first-order chi connectivity index (χ1) is 12.3. The summed E-state index contributed by atoms with van der Waals surface area (Å²) in [5.74, 6) is -0.593. The summed E-state index contributed by atoms with van der Waals surface area (Å²) in [5.41, 5.74) is 7.97. The number of aromatic nitrogens is 1. The number of benzene rings is 2. The van der Waals surface area contributed by atoms with Gasteiger partial charge in [-0.25, -0.2) is 9.37 Å². The van der Waals surface area contributed by atoms with Crippen molar-refractivity contribution < 1.29 is 4.39 Å². The predicted octanol–water partition coefficient (Wildman–Crippen LogP) is 6.28. The molecule has 1 aromatic heterocycles. The fourth-order valence-electron chi connectivity index (χ4n) is 2.80. The Balaban J connectivity index is 2.42. The second kappa shape index (κ2) is 7.13. The van der Waals surface area contributed by atoms with E-state index in [9.17, 15) is 9.65 Å². The maximum Gasteiger partial charge on any atom is 0.142 e. The van der Waals surface area contributed by atoms with E-state index in [0.29, 0.717) is 32.4 Å². The first-order valence-electron chi connectivity index (χ1n) is 7.45. The van der Waals surface area contributed by atoms with E-state index in [4.69, 9.17) is 40.5 Å². The maximum atomic E-state index is 14.5. The van der Waals surface area contributed by atoms with Crippen LogP contribution in [-0.2, 0) is 0 Å². The molecule has 3 rings (SSSR count). The lowest BCUT2D eigenvalue weighted by molar-refractivity contribution is 0.631. The molecule has 26 heavy (non-hydrogen) atoms. The van der Waals surface area contributed by atoms with Crippen molar-refractivity contribution in [2.45, 2.75) is 6.92 Å². The normalized spacial score (nSPS) is 10.6. The molecule has 0 spiro atoms. The molecule has 0 fully saturated rings. The van der Waals surface area contributed by atoms with Crippen molar-refractivity contribution in [1.82, 2.24) is 4.98 Å². The Labute approximate surface area is 164 Å². The van der Waals surface area contributed by atoms with Crippen LogP contribution in [0.4, 0.5) is 10.2 Å². The Kier molecular flexibility index (Phi) is 5.06. The lowest BCUT2D eigenvalue weighted by Crippen LogP contribution is -2.04. The van der Waals surface area contributed by atoms with Crippen molar-refractivity contribution in [2.24, 2.45) is 0 Å². The van der Waals surface area contributed by atoms with Gasteiger partial charge in [-0.3, -0.25) is 0 Å². The minimum absolute atomic E-state index is 0.0339. The summed E-state index contributed by atoms with van der Waals surface area (Å²) in [6.07, 6.45) is 0. The van der Waals surface area contributed by atoms with Crippen molar-refractivity contribution in [3.63, 3.8) is 0 Å². The molecule has 0 saturated carbocycles. The third-order valence-electron chi connectivity index (χ3n) is 3.98. The molecule has 0 saturated heterocycles. The van der Waals surface area contributed by atoms with Gasteiger partial charge < -0.3 is 5.73 Å². The van der Waals surface area contributed by atoms with E-state index in [2.05, 4.69) is 4.98 Å². The number of hydrogen-bond acceptors (Lipinski definition) is 3. The average Bonchev–Trinajstić information content (AvgIpc) is 2.58. The van der Waals surface area contributed by atoms with Gasteiger partial charge in [0.15, 0.2) is 0 Å². The van der Waals surface area contributed by atoms with Gasteiger partial charge in [0, 0.05) is 21.7 Å². The van der Waals surface area contributed by atoms with Crippen molar-refractivity contribution in [1.29, 1.82) is 5.26 Å². The van der Waals surface area contributed by atoms with Gasteiger partial charge >= 0.3 is 0 Å². The number of nitrogens with two attached hydrogens (primary N) is 1. The van der Waals surface area contributed by atoms with Gasteiger partial charge in [0.2, 0.25) is 0 Å². The van der Waals surface area contributed by atoms with Crippen LogP contribution in [0, 0.1) is 24.1 Å². The monoisotopic (exact) mass is 405 g/mol. The average molecular weight is 407 g/mol. The lowest BCUT2D eigenvalue weighted by Gasteiger charge is -2.17. The molecule has 0 aliphatic heterocycles. The fourth-order valence-corrected chi connectivity index (χ4v) is 3.56. The van der Waals surface area contributed by atoms with Gasteiger partial charge in [0.25, 0.3) is 0 Å². The molecule has 3 nitrogen and oxygen atoms in total. The molecular formula is C19H11Cl3FN3. The van der Waals surface area contributed by atoms with Crippen LogP contribution >= 0.6 is 34.8 Å². The Morgan fingerprint density at radius 1 is 1.08 bits per heavy atom. The predicted molar refractivity (Wildman–Crippen MR) is 104 cm³/mol. The van der Waals surface area contributed by atoms with E-state index in [1.54, 1.807) is 31.2 Å². The van der Waals surface area contributed by atoms with E-state index in [1.165, 1.54) is 12.1 Å². The molecule has 0 radical (unpaired) electrons. The first kappa shape index (κ1) is 18.5. The van der Waals surface area contributed by atoms with Crippen LogP contribution in [0.15, 0.2) is 36.4 Å². The minimum Gasteiger partial charge on any atom is -0.383 e. The summed E-state index contributed by atoms with van der Waals surface area (Å²) in [5, 5.41) is 10.5. The minimum atomic E-state index is -0.559. The fraction of sp³-hybridized carbons (Fsp3) is 0.0526. The van der Waals surface area contributed by atoms with Crippen LogP contribution in [0.5, 0.6) is 0 Å². The molecule has 7 heteroatoms. The van der Waals surface area contributed by atoms with Crippen LogP contribution in [-0.4, -0.2) is 4.98 Å². The number of nitriles is 1. The summed E-state index contributed by atoms with van der Waals surface area (Å²) in [7, 11) is 0. The first-order valence-corrected chi connectivity index (χ1v) is 8.58. The molecule has 0 aliphatic rings. The van der Waals surface area contributed by atoms with E-state index in [0.717, 1.165) is 0 Å². The van der Waals surface area contributed by atoms with Crippen molar-refractivity contribution >= 4 is 40.6 Å². The van der Waals surface area contributed by atoms with Crippen LogP contribution in [0.2, 0.25) is 15.1 Å². The highest BCUT2D eigenvalue weighted by Gasteiger charge is 2.23. The van der Waals surface area contributed by atoms with E-state index in [1.807, 2.05) is 6.07 Å². The van der Waals surface area contributed by atoms with E-state index >= 15 is 0 Å². The Morgan fingerprint density at radius 3 is 2.42 bits per heavy atom. The number of hydrogen-bond donors (Lipinski definition) is 1. The summed E-state index contributed by atoms with van der Waals surface area (Å²) in [6, 6.07) is 11.2. The van der Waals surface area contributed by atoms with Gasteiger partial charge in [-0.2, -0.15) is 5.26 Å². The maximum absolute atomic E-state index is 14.5. The van der Waals surface area contributed by atoms with Crippen molar-refractivity contribution in [2.75, 3.05) is 5.73 Å². The highest BCUT2D eigenvalue weighted by atomic mass is 35.5. The topological polar surface area (TPSA) is 62.7 Å². The number of pyridine rings is 1. The summed E-state index contributed by atoms with van der Waals surface area (Å²) >= 11 is 18.5. The summed E-state index contributed by atoms with van der Waals surface area (Å²) < 4.78 is 14.5. The Hall–Kier alpha value is -2.32. The van der Waals surface area contributed by atoms with Crippen LogP contribution in [0.25, 0.3) is 22.4 Å². The van der Waals surface area contributed by atoms with Crippen LogP contribution in [0.3, 0.4) is 0 Å². The van der Waals surface area contributed by atoms with Crippen molar-refractivity contribution in [3.05, 3.63) is 68.4 Å². The van der Waals surface area contributed by atoms with Gasteiger partial charge in [-0.15, -0.1) is 0 Å². The smallest absolute Gasteiger partial charge is 0.142 e. The highest BCUT2D eigenvalue weighted by Crippen LogP contribution is 2.41. The number of halogens is 4. The number of rotatable bonds is 2. The van der Waals surface area contributed by atoms with E-state index < -0.39 is 5.82 Å². The molecule has 0 bridgehead atoms. The van der Waals surface area contributed by atoms with Crippen LogP contribution < -0.4 is 5.73 Å². The number of anilines is 1.